The van der Waals surface area contributed by atoms with Gasteiger partial charge in [-0.2, -0.15) is 13.2 Å². The maximum atomic E-state index is 12.8. The highest BCUT2D eigenvalue weighted by molar-refractivity contribution is 6.33. The molecule has 1 heterocycles. The Morgan fingerprint density at radius 3 is 2.32 bits per heavy atom. The Labute approximate surface area is 129 Å². The Kier molecular flexibility index (Phi) is 4.27. The van der Waals surface area contributed by atoms with Crippen molar-refractivity contribution in [2.75, 3.05) is 18.0 Å². The SMILES string of the molecule is Cc1cc([N+](=O)[O-])cc(Cl)c1N1CCC(O)(C(F)(F)F)CC1. The van der Waals surface area contributed by atoms with Gasteiger partial charge >= 0.3 is 6.18 Å². The van der Waals surface area contributed by atoms with Gasteiger partial charge in [0.15, 0.2) is 5.60 Å². The summed E-state index contributed by atoms with van der Waals surface area (Å²) in [6.45, 7) is 1.54. The number of aryl methyl sites for hydroxylation is 1. The van der Waals surface area contributed by atoms with Crippen molar-refractivity contribution in [2.24, 2.45) is 0 Å². The minimum absolute atomic E-state index is 0.0334. The summed E-state index contributed by atoms with van der Waals surface area (Å²) >= 11 is 6.04. The fourth-order valence-corrected chi connectivity index (χ4v) is 2.99. The number of hydrogen-bond acceptors (Lipinski definition) is 4. The highest BCUT2D eigenvalue weighted by atomic mass is 35.5. The predicted molar refractivity (Wildman–Crippen MR) is 75.3 cm³/mol. The van der Waals surface area contributed by atoms with Crippen molar-refractivity contribution in [2.45, 2.75) is 31.5 Å². The summed E-state index contributed by atoms with van der Waals surface area (Å²) < 4.78 is 38.4. The fourth-order valence-electron chi connectivity index (χ4n) is 2.61. The Morgan fingerprint density at radius 1 is 1.36 bits per heavy atom. The van der Waals surface area contributed by atoms with Gasteiger partial charge in [-0.25, -0.2) is 0 Å². The van der Waals surface area contributed by atoms with Gasteiger partial charge in [0.05, 0.1) is 15.6 Å². The van der Waals surface area contributed by atoms with E-state index in [1.165, 1.54) is 12.1 Å². The minimum Gasteiger partial charge on any atom is -0.380 e. The van der Waals surface area contributed by atoms with Crippen LogP contribution in [0, 0.1) is 17.0 Å². The second-order valence-electron chi connectivity index (χ2n) is 5.37. The van der Waals surface area contributed by atoms with Gasteiger partial charge in [-0.15, -0.1) is 0 Å². The van der Waals surface area contributed by atoms with E-state index in [0.717, 1.165) is 0 Å². The van der Waals surface area contributed by atoms with Gasteiger partial charge in [0.2, 0.25) is 0 Å². The third-order valence-electron chi connectivity index (χ3n) is 3.88. The third kappa shape index (κ3) is 2.98. The van der Waals surface area contributed by atoms with Crippen LogP contribution in [0.25, 0.3) is 0 Å². The Hall–Kier alpha value is -1.54. The number of hydrogen-bond donors (Lipinski definition) is 1. The van der Waals surface area contributed by atoms with Gasteiger partial charge in [0.25, 0.3) is 5.69 Å². The van der Waals surface area contributed by atoms with Crippen LogP contribution in [0.2, 0.25) is 5.02 Å². The predicted octanol–water partition coefficient (Wildman–Crippen LogP) is 3.45. The quantitative estimate of drug-likeness (QED) is 0.662. The van der Waals surface area contributed by atoms with Gasteiger partial charge in [0, 0.05) is 38.1 Å². The van der Waals surface area contributed by atoms with Crippen molar-refractivity contribution in [3.05, 3.63) is 32.8 Å². The molecule has 1 aliphatic heterocycles. The Bertz CT molecular complexity index is 576. The van der Waals surface area contributed by atoms with Gasteiger partial charge in [0.1, 0.15) is 0 Å². The standard InChI is InChI=1S/C13H14ClF3N2O3/c1-8-6-9(19(21)22)7-10(14)11(8)18-4-2-12(20,3-5-18)13(15,16)17/h6-7,20H,2-5H2,1H3. The van der Waals surface area contributed by atoms with Crippen LogP contribution >= 0.6 is 11.6 Å². The van der Waals surface area contributed by atoms with Crippen LogP contribution < -0.4 is 4.90 Å². The average Bonchev–Trinajstić information content (AvgIpc) is 2.38. The van der Waals surface area contributed by atoms with Crippen LogP contribution in [-0.4, -0.2) is 34.9 Å². The van der Waals surface area contributed by atoms with E-state index in [2.05, 4.69) is 0 Å². The molecule has 1 aliphatic rings. The molecule has 0 aromatic heterocycles. The van der Waals surface area contributed by atoms with E-state index < -0.39 is 29.5 Å². The lowest BCUT2D eigenvalue weighted by atomic mass is 9.90. The first kappa shape index (κ1) is 16.8. The number of rotatable bonds is 2. The highest BCUT2D eigenvalue weighted by Crippen LogP contribution is 2.41. The number of aliphatic hydroxyl groups is 1. The molecule has 1 N–H and O–H groups in total. The number of piperidine rings is 1. The summed E-state index contributed by atoms with van der Waals surface area (Å²) in [6, 6.07) is 2.50. The van der Waals surface area contributed by atoms with Gasteiger partial charge < -0.3 is 10.0 Å². The second kappa shape index (κ2) is 5.58. The van der Waals surface area contributed by atoms with Crippen molar-refractivity contribution in [1.29, 1.82) is 0 Å². The van der Waals surface area contributed by atoms with Gasteiger partial charge in [-0.3, -0.25) is 10.1 Å². The molecule has 0 atom stereocenters. The first-order valence-electron chi connectivity index (χ1n) is 6.54. The van der Waals surface area contributed by atoms with E-state index in [9.17, 15) is 28.4 Å². The molecule has 1 saturated heterocycles. The first-order valence-corrected chi connectivity index (χ1v) is 6.91. The van der Waals surface area contributed by atoms with Crippen molar-refractivity contribution in [3.63, 3.8) is 0 Å². The van der Waals surface area contributed by atoms with Gasteiger partial charge in [-0.1, -0.05) is 11.6 Å². The van der Waals surface area contributed by atoms with Crippen LogP contribution in [0.5, 0.6) is 0 Å². The number of benzene rings is 1. The molecule has 22 heavy (non-hydrogen) atoms. The monoisotopic (exact) mass is 338 g/mol. The largest absolute Gasteiger partial charge is 0.417 e. The van der Waals surface area contributed by atoms with E-state index in [1.807, 2.05) is 0 Å². The van der Waals surface area contributed by atoms with E-state index in [1.54, 1.807) is 11.8 Å². The highest BCUT2D eigenvalue weighted by Gasteiger charge is 2.54. The molecular weight excluding hydrogens is 325 g/mol. The summed E-state index contributed by atoms with van der Waals surface area (Å²) in [5.41, 5.74) is -1.88. The van der Waals surface area contributed by atoms with E-state index in [4.69, 9.17) is 11.6 Å². The van der Waals surface area contributed by atoms with Crippen molar-refractivity contribution >= 4 is 23.0 Å². The normalized spacial score (nSPS) is 18.4. The molecule has 0 aliphatic carbocycles. The summed E-state index contributed by atoms with van der Waals surface area (Å²) in [7, 11) is 0. The zero-order valence-electron chi connectivity index (χ0n) is 11.7. The van der Waals surface area contributed by atoms with Crippen molar-refractivity contribution in [3.8, 4) is 0 Å². The average molecular weight is 339 g/mol. The molecule has 0 saturated carbocycles. The smallest absolute Gasteiger partial charge is 0.380 e. The Balaban J connectivity index is 2.24. The summed E-state index contributed by atoms with van der Waals surface area (Å²) in [6.07, 6.45) is -5.61. The number of alkyl halides is 3. The molecule has 0 unspecified atom stereocenters. The molecule has 1 aromatic rings. The number of non-ortho nitro benzene ring substituents is 1. The molecule has 0 amide bonds. The lowest BCUT2D eigenvalue weighted by Gasteiger charge is -2.40. The van der Waals surface area contributed by atoms with E-state index >= 15 is 0 Å². The summed E-state index contributed by atoms with van der Waals surface area (Å²) in [4.78, 5) is 11.8. The van der Waals surface area contributed by atoms with Crippen LogP contribution in [0.1, 0.15) is 18.4 Å². The summed E-state index contributed by atoms with van der Waals surface area (Å²) in [5.74, 6) is 0. The maximum Gasteiger partial charge on any atom is 0.417 e. The molecule has 0 spiro atoms. The minimum atomic E-state index is -4.67. The number of nitro groups is 1. The fraction of sp³-hybridized carbons (Fsp3) is 0.538. The maximum absolute atomic E-state index is 12.8. The zero-order valence-corrected chi connectivity index (χ0v) is 12.4. The first-order chi connectivity index (χ1) is 10.0. The number of anilines is 1. The zero-order chi connectivity index (χ0) is 16.7. The molecule has 5 nitrogen and oxygen atoms in total. The lowest BCUT2D eigenvalue weighted by Crippen LogP contribution is -2.53. The van der Waals surface area contributed by atoms with E-state index in [0.29, 0.717) is 11.3 Å². The molecule has 0 radical (unpaired) electrons. The van der Waals surface area contributed by atoms with Gasteiger partial charge in [-0.05, 0) is 12.5 Å². The Morgan fingerprint density at radius 2 is 1.91 bits per heavy atom. The topological polar surface area (TPSA) is 66.6 Å². The van der Waals surface area contributed by atoms with Crippen LogP contribution in [0.15, 0.2) is 12.1 Å². The molecular formula is C13H14ClF3N2O3. The number of halogens is 4. The lowest BCUT2D eigenvalue weighted by molar-refractivity contribution is -0.384. The number of nitrogens with zero attached hydrogens (tertiary/aromatic N) is 2. The van der Waals surface area contributed by atoms with E-state index in [-0.39, 0.29) is 23.8 Å². The second-order valence-corrected chi connectivity index (χ2v) is 5.77. The summed E-state index contributed by atoms with van der Waals surface area (Å²) in [5, 5.41) is 20.5. The van der Waals surface area contributed by atoms with Crippen LogP contribution in [0.4, 0.5) is 24.5 Å². The molecule has 0 bridgehead atoms. The molecule has 122 valence electrons. The van der Waals surface area contributed by atoms with Crippen LogP contribution in [-0.2, 0) is 0 Å². The molecule has 1 aromatic carbocycles. The third-order valence-corrected chi connectivity index (χ3v) is 4.17. The molecule has 9 heteroatoms. The molecule has 2 rings (SSSR count). The van der Waals surface area contributed by atoms with Crippen LogP contribution in [0.3, 0.4) is 0 Å². The number of nitro benzene ring substituents is 1. The molecule has 1 fully saturated rings. The van der Waals surface area contributed by atoms with Crippen molar-refractivity contribution < 1.29 is 23.2 Å². The van der Waals surface area contributed by atoms with Crippen molar-refractivity contribution in [1.82, 2.24) is 0 Å².